The van der Waals surface area contributed by atoms with E-state index in [2.05, 4.69) is 0 Å². The van der Waals surface area contributed by atoms with Crippen molar-refractivity contribution >= 4 is 40.9 Å². The summed E-state index contributed by atoms with van der Waals surface area (Å²) in [5, 5.41) is 36.0. The Labute approximate surface area is 178 Å². The first kappa shape index (κ1) is 22.0. The summed E-state index contributed by atoms with van der Waals surface area (Å²) in [6.45, 7) is 5.33. The topological polar surface area (TPSA) is 129 Å². The minimum Gasteiger partial charge on any atom is -0.258 e. The highest BCUT2D eigenvalue weighted by molar-refractivity contribution is 7.80. The highest BCUT2D eigenvalue weighted by Gasteiger charge is 2.25. The number of hydrogen-bond donors (Lipinski definition) is 0. The standard InChI is InChI=1S/C21H18N3O6P/c1-13-10-16(22(25)26)4-7-19(13)31(20-8-5-17(23(27)28)11-14(20)2)21-9-6-18(24(29)30)12-15(21)3/h4-12H,1-3H3. The average Bonchev–Trinajstić information content (AvgIpc) is 2.70. The Kier molecular flexibility index (Phi) is 6.08. The van der Waals surface area contributed by atoms with Crippen LogP contribution in [0.3, 0.4) is 0 Å². The molecule has 0 unspecified atom stereocenters. The van der Waals surface area contributed by atoms with Crippen molar-refractivity contribution in [3.63, 3.8) is 0 Å². The van der Waals surface area contributed by atoms with Crippen LogP contribution in [0.2, 0.25) is 0 Å². The molecule has 0 aliphatic rings. The fraction of sp³-hybridized carbons (Fsp3) is 0.143. The molecular weight excluding hydrogens is 421 g/mol. The van der Waals surface area contributed by atoms with Crippen LogP contribution >= 0.6 is 7.92 Å². The number of nitro benzene ring substituents is 3. The molecule has 0 radical (unpaired) electrons. The molecule has 0 aliphatic carbocycles. The quantitative estimate of drug-likeness (QED) is 0.323. The summed E-state index contributed by atoms with van der Waals surface area (Å²) in [4.78, 5) is 32.1. The lowest BCUT2D eigenvalue weighted by molar-refractivity contribution is -0.385. The first-order valence-electron chi connectivity index (χ1n) is 9.15. The number of nitro groups is 3. The van der Waals surface area contributed by atoms with Gasteiger partial charge in [-0.3, -0.25) is 30.3 Å². The Bertz CT molecular complexity index is 1080. The molecule has 0 N–H and O–H groups in total. The molecule has 0 spiro atoms. The number of non-ortho nitro benzene ring substituents is 3. The number of hydrogen-bond acceptors (Lipinski definition) is 6. The van der Waals surface area contributed by atoms with Gasteiger partial charge in [0.25, 0.3) is 17.1 Å². The lowest BCUT2D eigenvalue weighted by atomic mass is 10.2. The van der Waals surface area contributed by atoms with E-state index in [1.54, 1.807) is 39.0 Å². The minimum absolute atomic E-state index is 0.0305. The summed E-state index contributed by atoms with van der Waals surface area (Å²) in [5.74, 6) is 0. The minimum atomic E-state index is -1.27. The van der Waals surface area contributed by atoms with Gasteiger partial charge in [0.15, 0.2) is 0 Å². The fourth-order valence-corrected chi connectivity index (χ4v) is 6.10. The van der Waals surface area contributed by atoms with Gasteiger partial charge in [-0.05, 0) is 79.5 Å². The van der Waals surface area contributed by atoms with Crippen molar-refractivity contribution in [2.45, 2.75) is 20.8 Å². The van der Waals surface area contributed by atoms with Gasteiger partial charge in [-0.2, -0.15) is 0 Å². The van der Waals surface area contributed by atoms with Crippen molar-refractivity contribution < 1.29 is 14.8 Å². The smallest absolute Gasteiger partial charge is 0.258 e. The molecule has 0 bridgehead atoms. The van der Waals surface area contributed by atoms with Gasteiger partial charge in [0, 0.05) is 36.4 Å². The van der Waals surface area contributed by atoms with Gasteiger partial charge in [0.05, 0.1) is 14.8 Å². The number of benzene rings is 3. The molecule has 0 heterocycles. The van der Waals surface area contributed by atoms with Gasteiger partial charge >= 0.3 is 0 Å². The molecule has 0 saturated carbocycles. The second-order valence-corrected chi connectivity index (χ2v) is 9.14. The highest BCUT2D eigenvalue weighted by atomic mass is 31.1. The van der Waals surface area contributed by atoms with Gasteiger partial charge < -0.3 is 0 Å². The van der Waals surface area contributed by atoms with Crippen molar-refractivity contribution in [2.75, 3.05) is 0 Å². The lowest BCUT2D eigenvalue weighted by Crippen LogP contribution is -2.26. The van der Waals surface area contributed by atoms with Crippen molar-refractivity contribution in [2.24, 2.45) is 0 Å². The molecule has 0 atom stereocenters. The predicted molar refractivity (Wildman–Crippen MR) is 119 cm³/mol. The molecule has 3 aromatic carbocycles. The van der Waals surface area contributed by atoms with E-state index in [1.165, 1.54) is 36.4 Å². The van der Waals surface area contributed by atoms with E-state index in [9.17, 15) is 30.3 Å². The van der Waals surface area contributed by atoms with Crippen molar-refractivity contribution in [3.05, 3.63) is 102 Å². The maximum Gasteiger partial charge on any atom is 0.269 e. The van der Waals surface area contributed by atoms with Crippen LogP contribution < -0.4 is 15.9 Å². The van der Waals surface area contributed by atoms with E-state index in [-0.39, 0.29) is 17.1 Å². The van der Waals surface area contributed by atoms with Crippen LogP contribution in [0.4, 0.5) is 17.1 Å². The van der Waals surface area contributed by atoms with Crippen LogP contribution in [0.15, 0.2) is 54.6 Å². The zero-order valence-electron chi connectivity index (χ0n) is 16.9. The molecule has 3 aromatic rings. The number of aryl methyl sites for hydroxylation is 3. The Balaban J connectivity index is 2.26. The molecule has 0 amide bonds. The summed E-state index contributed by atoms with van der Waals surface area (Å²) in [6, 6.07) is 13.9. The monoisotopic (exact) mass is 439 g/mol. The highest BCUT2D eigenvalue weighted by Crippen LogP contribution is 2.38. The number of rotatable bonds is 6. The van der Waals surface area contributed by atoms with Gasteiger partial charge in [-0.15, -0.1) is 0 Å². The third kappa shape index (κ3) is 4.41. The second-order valence-electron chi connectivity index (χ2n) is 7.02. The summed E-state index contributed by atoms with van der Waals surface area (Å²) in [6.07, 6.45) is 0. The molecule has 0 aliphatic heterocycles. The maximum absolute atomic E-state index is 11.2. The summed E-state index contributed by atoms with van der Waals surface area (Å²) in [7, 11) is -1.27. The van der Waals surface area contributed by atoms with Gasteiger partial charge in [-0.25, -0.2) is 0 Å². The third-order valence-electron chi connectivity index (χ3n) is 4.90. The van der Waals surface area contributed by atoms with Crippen LogP contribution in [0, 0.1) is 51.1 Å². The molecule has 0 fully saturated rings. The largest absolute Gasteiger partial charge is 0.269 e. The van der Waals surface area contributed by atoms with Gasteiger partial charge in [0.1, 0.15) is 0 Å². The zero-order valence-corrected chi connectivity index (χ0v) is 17.8. The second kappa shape index (κ2) is 8.57. The van der Waals surface area contributed by atoms with Crippen LogP contribution in [0.1, 0.15) is 16.7 Å². The van der Waals surface area contributed by atoms with E-state index in [4.69, 9.17) is 0 Å². The van der Waals surface area contributed by atoms with E-state index in [0.717, 1.165) is 15.9 Å². The van der Waals surface area contributed by atoms with E-state index in [0.29, 0.717) is 16.7 Å². The number of nitrogens with zero attached hydrogens (tertiary/aromatic N) is 3. The maximum atomic E-state index is 11.2. The van der Waals surface area contributed by atoms with Crippen LogP contribution in [0.25, 0.3) is 0 Å². The molecule has 9 nitrogen and oxygen atoms in total. The summed E-state index contributed by atoms with van der Waals surface area (Å²) >= 11 is 0. The normalized spacial score (nSPS) is 10.8. The fourth-order valence-electron chi connectivity index (χ4n) is 3.40. The van der Waals surface area contributed by atoms with E-state index >= 15 is 0 Å². The molecule has 31 heavy (non-hydrogen) atoms. The molecular formula is C21H18N3O6P. The SMILES string of the molecule is Cc1cc([N+](=O)[O-])ccc1P(c1ccc([N+](=O)[O-])cc1C)c1ccc([N+](=O)[O-])cc1C. The van der Waals surface area contributed by atoms with Crippen molar-refractivity contribution in [1.29, 1.82) is 0 Å². The Morgan fingerprint density at radius 3 is 1.00 bits per heavy atom. The molecule has 0 aromatic heterocycles. The van der Waals surface area contributed by atoms with E-state index < -0.39 is 22.7 Å². The third-order valence-corrected chi connectivity index (χ3v) is 7.85. The summed E-state index contributed by atoms with van der Waals surface area (Å²) < 4.78 is 0. The average molecular weight is 439 g/mol. The molecule has 158 valence electrons. The van der Waals surface area contributed by atoms with Crippen LogP contribution in [-0.4, -0.2) is 14.8 Å². The zero-order chi connectivity index (χ0) is 22.9. The predicted octanol–water partition coefficient (Wildman–Crippen LogP) is 4.09. The Morgan fingerprint density at radius 1 is 0.548 bits per heavy atom. The Morgan fingerprint density at radius 2 is 0.806 bits per heavy atom. The van der Waals surface area contributed by atoms with Crippen molar-refractivity contribution in [1.82, 2.24) is 0 Å². The van der Waals surface area contributed by atoms with E-state index in [1.807, 2.05) is 0 Å². The summed E-state index contributed by atoms with van der Waals surface area (Å²) in [5.41, 5.74) is 2.02. The first-order chi connectivity index (χ1) is 14.6. The van der Waals surface area contributed by atoms with Crippen LogP contribution in [-0.2, 0) is 0 Å². The van der Waals surface area contributed by atoms with Gasteiger partial charge in [-0.1, -0.05) is 0 Å². The molecule has 3 rings (SSSR count). The molecule has 10 heteroatoms. The lowest BCUT2D eigenvalue weighted by Gasteiger charge is -2.24. The van der Waals surface area contributed by atoms with Crippen molar-refractivity contribution in [3.8, 4) is 0 Å². The molecule has 0 saturated heterocycles. The van der Waals surface area contributed by atoms with Gasteiger partial charge in [0.2, 0.25) is 0 Å². The Hall–Kier alpha value is -3.71. The van der Waals surface area contributed by atoms with Crippen LogP contribution in [0.5, 0.6) is 0 Å². The first-order valence-corrected chi connectivity index (χ1v) is 10.5.